The van der Waals surface area contributed by atoms with E-state index in [1.54, 1.807) is 30.3 Å². The largest absolute Gasteiger partial charge is 0.508 e. The summed E-state index contributed by atoms with van der Waals surface area (Å²) in [5.74, 6) is 0.0178. The van der Waals surface area contributed by atoms with Gasteiger partial charge in [0.15, 0.2) is 0 Å². The number of nitrogens with two attached hydrogens (primary N) is 1. The van der Waals surface area contributed by atoms with Gasteiger partial charge in [-0.3, -0.25) is 4.31 Å². The van der Waals surface area contributed by atoms with Gasteiger partial charge in [-0.15, -0.1) is 0 Å². The number of phenolic OH excluding ortho intramolecular Hbond substituents is 1. The van der Waals surface area contributed by atoms with Gasteiger partial charge < -0.3 is 10.8 Å². The number of hydrogen-bond donors (Lipinski definition) is 2. The minimum absolute atomic E-state index is 0.0178. The Kier molecular flexibility index (Phi) is 4.20. The molecule has 0 heterocycles. The number of hydrogen-bond acceptors (Lipinski definition) is 4. The molecule has 0 aliphatic heterocycles. The highest BCUT2D eigenvalue weighted by Crippen LogP contribution is 2.25. The molecule has 0 saturated heterocycles. The van der Waals surface area contributed by atoms with Crippen LogP contribution in [0.25, 0.3) is 0 Å². The zero-order valence-electron chi connectivity index (χ0n) is 11.9. The summed E-state index contributed by atoms with van der Waals surface area (Å²) in [4.78, 5) is 0.197. The van der Waals surface area contributed by atoms with Crippen LogP contribution in [0.4, 0.5) is 5.69 Å². The lowest BCUT2D eigenvalue weighted by molar-refractivity contribution is 0.475. The molecule has 0 radical (unpaired) electrons. The molecule has 0 aliphatic rings. The second kappa shape index (κ2) is 5.75. The molecule has 0 atom stereocenters. The molecule has 2 aromatic carbocycles. The third-order valence-corrected chi connectivity index (χ3v) is 5.17. The van der Waals surface area contributed by atoms with E-state index in [4.69, 9.17) is 5.73 Å². The van der Waals surface area contributed by atoms with E-state index < -0.39 is 10.0 Å². The van der Waals surface area contributed by atoms with Crippen molar-refractivity contribution in [2.75, 3.05) is 11.4 Å². The van der Waals surface area contributed by atoms with E-state index >= 15 is 0 Å². The highest BCUT2D eigenvalue weighted by atomic mass is 32.2. The monoisotopic (exact) mass is 306 g/mol. The van der Waals surface area contributed by atoms with Crippen molar-refractivity contribution in [1.29, 1.82) is 0 Å². The molecule has 0 saturated carbocycles. The van der Waals surface area contributed by atoms with Crippen molar-refractivity contribution in [3.8, 4) is 5.75 Å². The molecule has 0 aliphatic carbocycles. The maximum absolute atomic E-state index is 12.6. The van der Waals surface area contributed by atoms with Gasteiger partial charge in [0, 0.05) is 19.7 Å². The first-order chi connectivity index (χ1) is 9.86. The number of benzene rings is 2. The van der Waals surface area contributed by atoms with E-state index in [9.17, 15) is 13.5 Å². The minimum Gasteiger partial charge on any atom is -0.508 e. The maximum Gasteiger partial charge on any atom is 0.264 e. The average molecular weight is 306 g/mol. The van der Waals surface area contributed by atoms with E-state index in [0.717, 1.165) is 15.4 Å². The molecule has 0 unspecified atom stereocenters. The Morgan fingerprint density at radius 1 is 1.19 bits per heavy atom. The second-order valence-electron chi connectivity index (χ2n) is 4.78. The fraction of sp³-hybridized carbons (Fsp3) is 0.200. The van der Waals surface area contributed by atoms with Crippen LogP contribution in [0.3, 0.4) is 0 Å². The number of rotatable bonds is 4. The topological polar surface area (TPSA) is 83.6 Å². The molecule has 0 fully saturated rings. The lowest BCUT2D eigenvalue weighted by Crippen LogP contribution is -2.26. The van der Waals surface area contributed by atoms with Crippen LogP contribution >= 0.6 is 0 Å². The van der Waals surface area contributed by atoms with Crippen LogP contribution in [0.2, 0.25) is 0 Å². The quantitative estimate of drug-likeness (QED) is 0.904. The van der Waals surface area contributed by atoms with Crippen molar-refractivity contribution in [2.24, 2.45) is 5.73 Å². The van der Waals surface area contributed by atoms with E-state index in [1.807, 2.05) is 6.92 Å². The van der Waals surface area contributed by atoms with Gasteiger partial charge in [0.1, 0.15) is 5.75 Å². The van der Waals surface area contributed by atoms with Crippen LogP contribution in [-0.4, -0.2) is 20.6 Å². The smallest absolute Gasteiger partial charge is 0.264 e. The van der Waals surface area contributed by atoms with Crippen LogP contribution < -0.4 is 10.0 Å². The number of anilines is 1. The van der Waals surface area contributed by atoms with Gasteiger partial charge in [0.25, 0.3) is 10.0 Å². The molecule has 6 heteroatoms. The number of aromatic hydroxyl groups is 1. The fourth-order valence-corrected chi connectivity index (χ4v) is 3.32. The van der Waals surface area contributed by atoms with Gasteiger partial charge in [-0.05, 0) is 42.3 Å². The maximum atomic E-state index is 12.6. The van der Waals surface area contributed by atoms with Gasteiger partial charge >= 0.3 is 0 Å². The van der Waals surface area contributed by atoms with Crippen molar-refractivity contribution >= 4 is 15.7 Å². The molecule has 0 spiro atoms. The number of phenols is 1. The predicted molar refractivity (Wildman–Crippen MR) is 82.8 cm³/mol. The molecular weight excluding hydrogens is 288 g/mol. The number of aryl methyl sites for hydroxylation is 1. The summed E-state index contributed by atoms with van der Waals surface area (Å²) >= 11 is 0. The summed E-state index contributed by atoms with van der Waals surface area (Å²) < 4.78 is 26.4. The SMILES string of the molecule is Cc1cc(S(=O)(=O)N(C)c2cccc(O)c2)ccc1CN. The van der Waals surface area contributed by atoms with Gasteiger partial charge in [0.05, 0.1) is 10.6 Å². The molecule has 21 heavy (non-hydrogen) atoms. The van der Waals surface area contributed by atoms with Crippen LogP contribution in [0, 0.1) is 6.92 Å². The Balaban J connectivity index is 2.44. The van der Waals surface area contributed by atoms with Crippen LogP contribution in [0.15, 0.2) is 47.4 Å². The average Bonchev–Trinajstić information content (AvgIpc) is 2.46. The van der Waals surface area contributed by atoms with Crippen LogP contribution in [-0.2, 0) is 16.6 Å². The van der Waals surface area contributed by atoms with Crippen LogP contribution in [0.1, 0.15) is 11.1 Å². The predicted octanol–water partition coefficient (Wildman–Crippen LogP) is 1.98. The van der Waals surface area contributed by atoms with Crippen molar-refractivity contribution in [3.05, 3.63) is 53.6 Å². The summed E-state index contributed by atoms with van der Waals surface area (Å²) in [5.41, 5.74) is 7.74. The Bertz CT molecular complexity index is 757. The van der Waals surface area contributed by atoms with Gasteiger partial charge in [-0.25, -0.2) is 8.42 Å². The Morgan fingerprint density at radius 2 is 1.90 bits per heavy atom. The van der Waals surface area contributed by atoms with E-state index in [1.165, 1.54) is 19.2 Å². The summed E-state index contributed by atoms with van der Waals surface area (Å²) in [7, 11) is -2.22. The molecule has 0 amide bonds. The highest BCUT2D eigenvalue weighted by Gasteiger charge is 2.22. The molecule has 0 aromatic heterocycles. The van der Waals surface area contributed by atoms with Crippen LogP contribution in [0.5, 0.6) is 5.75 Å². The first kappa shape index (κ1) is 15.3. The van der Waals surface area contributed by atoms with E-state index in [0.29, 0.717) is 12.2 Å². The van der Waals surface area contributed by atoms with Gasteiger partial charge in [0.2, 0.25) is 0 Å². The summed E-state index contributed by atoms with van der Waals surface area (Å²) in [5, 5.41) is 9.48. The van der Waals surface area contributed by atoms with Crippen molar-refractivity contribution in [2.45, 2.75) is 18.4 Å². The summed E-state index contributed by atoms with van der Waals surface area (Å²) in [6.45, 7) is 2.20. The van der Waals surface area contributed by atoms with E-state index in [2.05, 4.69) is 0 Å². The third-order valence-electron chi connectivity index (χ3n) is 3.39. The lowest BCUT2D eigenvalue weighted by Gasteiger charge is -2.20. The normalized spacial score (nSPS) is 11.4. The molecule has 3 N–H and O–H groups in total. The van der Waals surface area contributed by atoms with Gasteiger partial charge in [-0.2, -0.15) is 0 Å². The van der Waals surface area contributed by atoms with Crippen molar-refractivity contribution < 1.29 is 13.5 Å². The highest BCUT2D eigenvalue weighted by molar-refractivity contribution is 7.92. The molecule has 112 valence electrons. The fourth-order valence-electron chi connectivity index (χ4n) is 2.04. The number of sulfonamides is 1. The number of nitrogens with zero attached hydrogens (tertiary/aromatic N) is 1. The first-order valence-electron chi connectivity index (χ1n) is 6.44. The molecule has 2 rings (SSSR count). The Labute approximate surface area is 124 Å². The minimum atomic E-state index is -3.67. The standard InChI is InChI=1S/C15H18N2O3S/c1-11-8-15(7-6-12(11)10-16)21(19,20)17(2)13-4-3-5-14(18)9-13/h3-9,18H,10,16H2,1-2H3. The summed E-state index contributed by atoms with van der Waals surface area (Å²) in [6.07, 6.45) is 0. The Hall–Kier alpha value is -2.05. The van der Waals surface area contributed by atoms with Gasteiger partial charge in [-0.1, -0.05) is 12.1 Å². The zero-order chi connectivity index (χ0) is 15.6. The van der Waals surface area contributed by atoms with Crippen molar-refractivity contribution in [3.63, 3.8) is 0 Å². The summed E-state index contributed by atoms with van der Waals surface area (Å²) in [6, 6.07) is 11.0. The third kappa shape index (κ3) is 3.01. The zero-order valence-corrected chi connectivity index (χ0v) is 12.8. The molecular formula is C15H18N2O3S. The molecule has 2 aromatic rings. The Morgan fingerprint density at radius 3 is 2.48 bits per heavy atom. The first-order valence-corrected chi connectivity index (χ1v) is 7.88. The molecule has 0 bridgehead atoms. The second-order valence-corrected chi connectivity index (χ2v) is 6.75. The van der Waals surface area contributed by atoms with Crippen molar-refractivity contribution in [1.82, 2.24) is 0 Å². The lowest BCUT2D eigenvalue weighted by atomic mass is 10.1. The molecule has 5 nitrogen and oxygen atoms in total. The van der Waals surface area contributed by atoms with E-state index in [-0.39, 0.29) is 10.6 Å².